The maximum atomic E-state index is 12.6. The summed E-state index contributed by atoms with van der Waals surface area (Å²) in [7, 11) is 1.71. The Morgan fingerprint density at radius 3 is 2.70 bits per heavy atom. The largest absolute Gasteiger partial charge is 0.401 e. The SMILES string of the molecule is CN=C(NCC1(N2CCOCC2)CCSC1)NC1CCN(CC(F)(F)F)C1. The maximum Gasteiger partial charge on any atom is 0.401 e. The highest BCUT2D eigenvalue weighted by Crippen LogP contribution is 2.33. The highest BCUT2D eigenvalue weighted by atomic mass is 32.2. The molecule has 0 saturated carbocycles. The Hall–Kier alpha value is -0.710. The minimum Gasteiger partial charge on any atom is -0.379 e. The zero-order valence-corrected chi connectivity index (χ0v) is 16.7. The number of guanidine groups is 1. The van der Waals surface area contributed by atoms with Gasteiger partial charge in [0.05, 0.1) is 19.8 Å². The highest BCUT2D eigenvalue weighted by Gasteiger charge is 2.41. The van der Waals surface area contributed by atoms with E-state index in [0.29, 0.717) is 25.5 Å². The molecule has 0 amide bonds. The number of rotatable bonds is 5. The van der Waals surface area contributed by atoms with E-state index in [9.17, 15) is 13.2 Å². The van der Waals surface area contributed by atoms with Gasteiger partial charge in [0.2, 0.25) is 0 Å². The van der Waals surface area contributed by atoms with Crippen molar-refractivity contribution in [3.8, 4) is 0 Å². The lowest BCUT2D eigenvalue weighted by Crippen LogP contribution is -2.60. The molecular formula is C17H30F3N5OS. The summed E-state index contributed by atoms with van der Waals surface area (Å²) in [5, 5.41) is 6.75. The molecule has 0 aliphatic carbocycles. The molecule has 0 aromatic heterocycles. The number of alkyl halides is 3. The average Bonchev–Trinajstić information content (AvgIpc) is 3.28. The van der Waals surface area contributed by atoms with Gasteiger partial charge in [-0.1, -0.05) is 0 Å². The lowest BCUT2D eigenvalue weighted by atomic mass is 9.95. The number of halogens is 3. The van der Waals surface area contributed by atoms with Crippen LogP contribution in [0.15, 0.2) is 4.99 Å². The summed E-state index contributed by atoms with van der Waals surface area (Å²) in [4.78, 5) is 8.27. The molecule has 2 N–H and O–H groups in total. The van der Waals surface area contributed by atoms with Crippen molar-refractivity contribution in [2.75, 3.05) is 71.0 Å². The summed E-state index contributed by atoms with van der Waals surface area (Å²) in [6, 6.07) is -0.00385. The first-order valence-corrected chi connectivity index (χ1v) is 10.7. The smallest absolute Gasteiger partial charge is 0.379 e. The van der Waals surface area contributed by atoms with E-state index in [-0.39, 0.29) is 11.6 Å². The molecule has 2 atom stereocenters. The number of ether oxygens (including phenoxy) is 1. The minimum absolute atomic E-state index is 0.00385. The van der Waals surface area contributed by atoms with Crippen molar-refractivity contribution in [3.63, 3.8) is 0 Å². The van der Waals surface area contributed by atoms with Crippen LogP contribution in [0.1, 0.15) is 12.8 Å². The van der Waals surface area contributed by atoms with Gasteiger partial charge in [0, 0.05) is 57.1 Å². The van der Waals surface area contributed by atoms with Crippen LogP contribution in [-0.4, -0.2) is 105 Å². The van der Waals surface area contributed by atoms with Crippen molar-refractivity contribution < 1.29 is 17.9 Å². The first-order chi connectivity index (χ1) is 12.9. The molecule has 3 heterocycles. The molecule has 0 aromatic carbocycles. The van der Waals surface area contributed by atoms with Crippen molar-refractivity contribution in [1.29, 1.82) is 0 Å². The number of hydrogen-bond acceptors (Lipinski definition) is 5. The molecule has 10 heteroatoms. The molecule has 0 aromatic rings. The number of morpholine rings is 1. The summed E-state index contributed by atoms with van der Waals surface area (Å²) in [5.74, 6) is 2.92. The maximum absolute atomic E-state index is 12.6. The van der Waals surface area contributed by atoms with Crippen LogP contribution < -0.4 is 10.6 Å². The molecule has 3 rings (SSSR count). The van der Waals surface area contributed by atoms with E-state index in [4.69, 9.17) is 4.74 Å². The third kappa shape index (κ3) is 5.88. The van der Waals surface area contributed by atoms with Gasteiger partial charge in [-0.3, -0.25) is 14.8 Å². The van der Waals surface area contributed by atoms with Crippen LogP contribution in [0.25, 0.3) is 0 Å². The molecule has 6 nitrogen and oxygen atoms in total. The second kappa shape index (κ2) is 9.19. The van der Waals surface area contributed by atoms with Crippen LogP contribution in [0.4, 0.5) is 13.2 Å². The van der Waals surface area contributed by atoms with E-state index < -0.39 is 12.7 Å². The Morgan fingerprint density at radius 2 is 2.07 bits per heavy atom. The predicted octanol–water partition coefficient (Wildman–Crippen LogP) is 0.996. The second-order valence-corrected chi connectivity index (χ2v) is 8.64. The molecule has 0 radical (unpaired) electrons. The van der Waals surface area contributed by atoms with Crippen LogP contribution in [0.3, 0.4) is 0 Å². The number of thioether (sulfide) groups is 1. The van der Waals surface area contributed by atoms with Gasteiger partial charge in [-0.15, -0.1) is 0 Å². The number of likely N-dealkylation sites (tertiary alicyclic amines) is 1. The zero-order valence-electron chi connectivity index (χ0n) is 15.9. The molecule has 0 spiro atoms. The average molecular weight is 410 g/mol. The normalized spacial score (nSPS) is 31.4. The predicted molar refractivity (Wildman–Crippen MR) is 102 cm³/mol. The molecule has 3 aliphatic rings. The summed E-state index contributed by atoms with van der Waals surface area (Å²) in [5.41, 5.74) is 0.101. The third-order valence-electron chi connectivity index (χ3n) is 5.59. The van der Waals surface area contributed by atoms with E-state index in [1.54, 1.807) is 7.05 Å². The highest BCUT2D eigenvalue weighted by molar-refractivity contribution is 7.99. The van der Waals surface area contributed by atoms with E-state index >= 15 is 0 Å². The van der Waals surface area contributed by atoms with Crippen LogP contribution in [-0.2, 0) is 4.74 Å². The van der Waals surface area contributed by atoms with Crippen LogP contribution in [0.2, 0.25) is 0 Å². The number of aliphatic imine (C=N–C) groups is 1. The van der Waals surface area contributed by atoms with Gasteiger partial charge in [-0.25, -0.2) is 0 Å². The lowest BCUT2D eigenvalue weighted by Gasteiger charge is -2.43. The monoisotopic (exact) mass is 409 g/mol. The van der Waals surface area contributed by atoms with Crippen molar-refractivity contribution in [1.82, 2.24) is 20.4 Å². The molecule has 3 fully saturated rings. The summed E-state index contributed by atoms with van der Waals surface area (Å²) in [6.45, 7) is 4.25. The van der Waals surface area contributed by atoms with Gasteiger partial charge < -0.3 is 15.4 Å². The van der Waals surface area contributed by atoms with E-state index in [2.05, 4.69) is 20.5 Å². The Labute approximate surface area is 163 Å². The Bertz CT molecular complexity index is 507. The number of nitrogens with one attached hydrogen (secondary N) is 2. The molecule has 156 valence electrons. The minimum atomic E-state index is -4.14. The lowest BCUT2D eigenvalue weighted by molar-refractivity contribution is -0.143. The quantitative estimate of drug-likeness (QED) is 0.522. The van der Waals surface area contributed by atoms with E-state index in [0.717, 1.165) is 50.8 Å². The summed E-state index contributed by atoms with van der Waals surface area (Å²) < 4.78 is 43.2. The Balaban J connectivity index is 1.50. The Morgan fingerprint density at radius 1 is 1.30 bits per heavy atom. The zero-order chi connectivity index (χ0) is 19.3. The van der Waals surface area contributed by atoms with Gasteiger partial charge >= 0.3 is 6.18 Å². The fourth-order valence-electron chi connectivity index (χ4n) is 4.12. The van der Waals surface area contributed by atoms with Crippen LogP contribution in [0.5, 0.6) is 0 Å². The van der Waals surface area contributed by atoms with E-state index in [1.807, 2.05) is 11.8 Å². The third-order valence-corrected chi connectivity index (χ3v) is 6.82. The molecule has 2 unspecified atom stereocenters. The van der Waals surface area contributed by atoms with Gasteiger partial charge in [-0.05, 0) is 18.6 Å². The Kier molecular flexibility index (Phi) is 7.15. The number of nitrogens with zero attached hydrogens (tertiary/aromatic N) is 3. The van der Waals surface area contributed by atoms with Gasteiger partial charge in [0.15, 0.2) is 5.96 Å². The molecule has 3 aliphatic heterocycles. The molecule has 3 saturated heterocycles. The van der Waals surface area contributed by atoms with Gasteiger partial charge in [-0.2, -0.15) is 24.9 Å². The van der Waals surface area contributed by atoms with Crippen LogP contribution in [0, 0.1) is 0 Å². The first kappa shape index (κ1) is 21.0. The molecular weight excluding hydrogens is 379 g/mol. The van der Waals surface area contributed by atoms with E-state index in [1.165, 1.54) is 4.90 Å². The van der Waals surface area contributed by atoms with Crippen molar-refractivity contribution in [2.24, 2.45) is 4.99 Å². The number of hydrogen-bond donors (Lipinski definition) is 2. The van der Waals surface area contributed by atoms with Crippen molar-refractivity contribution in [3.05, 3.63) is 0 Å². The van der Waals surface area contributed by atoms with Gasteiger partial charge in [0.25, 0.3) is 0 Å². The van der Waals surface area contributed by atoms with Crippen molar-refractivity contribution in [2.45, 2.75) is 30.6 Å². The van der Waals surface area contributed by atoms with Crippen LogP contribution >= 0.6 is 11.8 Å². The summed E-state index contributed by atoms with van der Waals surface area (Å²) >= 11 is 1.98. The second-order valence-electron chi connectivity index (χ2n) is 7.53. The van der Waals surface area contributed by atoms with Crippen molar-refractivity contribution >= 4 is 17.7 Å². The molecule has 0 bridgehead atoms. The topological polar surface area (TPSA) is 52.1 Å². The van der Waals surface area contributed by atoms with Gasteiger partial charge in [0.1, 0.15) is 0 Å². The molecule has 27 heavy (non-hydrogen) atoms. The standard InChI is InChI=1S/C17H30F3N5OS/c1-21-15(23-14-2-4-24(10-14)12-17(18,19)20)22-11-16(3-9-27-13-16)25-5-7-26-8-6-25/h14H,2-13H2,1H3,(H2,21,22,23). The fourth-order valence-corrected chi connectivity index (χ4v) is 5.60. The summed E-state index contributed by atoms with van der Waals surface area (Å²) in [6.07, 6.45) is -2.31. The fraction of sp³-hybridized carbons (Fsp3) is 0.941. The first-order valence-electron chi connectivity index (χ1n) is 9.57.